The minimum atomic E-state index is -1.09. The second-order valence-corrected chi connectivity index (χ2v) is 7.49. The van der Waals surface area contributed by atoms with Gasteiger partial charge in [-0.15, -0.1) is 0 Å². The van der Waals surface area contributed by atoms with Crippen LogP contribution in [0.3, 0.4) is 0 Å². The van der Waals surface area contributed by atoms with Gasteiger partial charge >= 0.3 is 0 Å². The molecule has 184 valence electrons. The first-order chi connectivity index (χ1) is 16.5. The fourth-order valence-corrected chi connectivity index (χ4v) is 3.44. The Hall–Kier alpha value is -3.37. The molecule has 3 amide bonds. The summed E-state index contributed by atoms with van der Waals surface area (Å²) in [6.07, 6.45) is 2.74. The highest BCUT2D eigenvalue weighted by Crippen LogP contribution is 2.33. The fraction of sp³-hybridized carbons (Fsp3) is 0.458. The van der Waals surface area contributed by atoms with Crippen molar-refractivity contribution in [1.29, 1.82) is 0 Å². The third-order valence-electron chi connectivity index (χ3n) is 5.14. The molecular formula is C24H30N2O8. The van der Waals surface area contributed by atoms with Gasteiger partial charge in [-0.25, -0.2) is 0 Å². The Balaban J connectivity index is 1.86. The van der Waals surface area contributed by atoms with Crippen molar-refractivity contribution >= 4 is 30.3 Å². The number of aldehydes is 2. The predicted molar refractivity (Wildman–Crippen MR) is 122 cm³/mol. The Labute approximate surface area is 198 Å². The van der Waals surface area contributed by atoms with E-state index in [0.29, 0.717) is 44.5 Å². The van der Waals surface area contributed by atoms with Crippen LogP contribution in [-0.4, -0.2) is 81.3 Å². The number of benzene rings is 1. The highest BCUT2D eigenvalue weighted by atomic mass is 16.5. The zero-order valence-electron chi connectivity index (χ0n) is 19.2. The molecule has 10 nitrogen and oxygen atoms in total. The number of hydrogen-bond acceptors (Lipinski definition) is 8. The number of carbonyl (C=O) groups is 5. The molecule has 0 aromatic heterocycles. The van der Waals surface area contributed by atoms with Crippen LogP contribution in [0.1, 0.15) is 46.4 Å². The fourth-order valence-electron chi connectivity index (χ4n) is 3.44. The van der Waals surface area contributed by atoms with Gasteiger partial charge in [-0.1, -0.05) is 12.6 Å². The highest BCUT2D eigenvalue weighted by molar-refractivity contribution is 6.24. The van der Waals surface area contributed by atoms with E-state index in [-0.39, 0.29) is 42.9 Å². The number of amides is 3. The number of allylic oxidation sites excluding steroid dienone is 1. The van der Waals surface area contributed by atoms with Crippen molar-refractivity contribution < 1.29 is 38.2 Å². The summed E-state index contributed by atoms with van der Waals surface area (Å²) >= 11 is 0. The number of ether oxygens (including phenoxy) is 3. The molecule has 1 unspecified atom stereocenters. The van der Waals surface area contributed by atoms with Crippen LogP contribution in [0, 0.1) is 0 Å². The van der Waals surface area contributed by atoms with Gasteiger partial charge in [0.25, 0.3) is 11.8 Å². The van der Waals surface area contributed by atoms with Gasteiger partial charge in [0.1, 0.15) is 31.0 Å². The van der Waals surface area contributed by atoms with Crippen molar-refractivity contribution in [3.63, 3.8) is 0 Å². The van der Waals surface area contributed by atoms with Gasteiger partial charge in [0.15, 0.2) is 0 Å². The van der Waals surface area contributed by atoms with Crippen molar-refractivity contribution in [2.45, 2.75) is 31.7 Å². The lowest BCUT2D eigenvalue weighted by Gasteiger charge is -2.24. The third-order valence-corrected chi connectivity index (χ3v) is 5.14. The summed E-state index contributed by atoms with van der Waals surface area (Å²) in [7, 11) is 1.40. The molecule has 1 heterocycles. The smallest absolute Gasteiger partial charge is 0.266 e. The van der Waals surface area contributed by atoms with E-state index in [4.69, 9.17) is 14.2 Å². The van der Waals surface area contributed by atoms with Crippen LogP contribution in [0.15, 0.2) is 30.4 Å². The van der Waals surface area contributed by atoms with Crippen molar-refractivity contribution in [3.05, 3.63) is 41.5 Å². The van der Waals surface area contributed by atoms with Gasteiger partial charge in [0, 0.05) is 20.1 Å². The number of likely N-dealkylation sites (N-methyl/N-ethyl adjacent to an activating group) is 1. The Morgan fingerprint density at radius 2 is 1.79 bits per heavy atom. The van der Waals surface area contributed by atoms with E-state index in [2.05, 4.69) is 11.9 Å². The number of nitrogens with zero attached hydrogens (tertiary/aromatic N) is 1. The maximum absolute atomic E-state index is 13.1. The van der Waals surface area contributed by atoms with Crippen LogP contribution < -0.4 is 10.1 Å². The molecule has 1 aliphatic rings. The lowest BCUT2D eigenvalue weighted by molar-refractivity contribution is -0.124. The Bertz CT molecular complexity index is 914. The summed E-state index contributed by atoms with van der Waals surface area (Å²) in [5, 5.41) is 2.43. The molecule has 1 aromatic rings. The summed E-state index contributed by atoms with van der Waals surface area (Å²) in [6.45, 7) is 5.21. The number of carbonyl (C=O) groups excluding carboxylic acids is 5. The summed E-state index contributed by atoms with van der Waals surface area (Å²) in [6, 6.07) is 3.58. The molecule has 0 saturated heterocycles. The van der Waals surface area contributed by atoms with Gasteiger partial charge in [0.2, 0.25) is 5.91 Å². The van der Waals surface area contributed by atoms with E-state index < -0.39 is 23.8 Å². The second-order valence-electron chi connectivity index (χ2n) is 7.49. The second kappa shape index (κ2) is 14.0. The van der Waals surface area contributed by atoms with Crippen molar-refractivity contribution in [3.8, 4) is 5.75 Å². The molecule has 0 radical (unpaired) electrons. The molecule has 1 N–H and O–H groups in total. The first-order valence-electron chi connectivity index (χ1n) is 11.0. The quantitative estimate of drug-likeness (QED) is 0.155. The zero-order valence-corrected chi connectivity index (χ0v) is 19.2. The average molecular weight is 475 g/mol. The molecule has 0 fully saturated rings. The first kappa shape index (κ1) is 26.9. The molecule has 0 aliphatic carbocycles. The van der Waals surface area contributed by atoms with Crippen LogP contribution in [0.25, 0.3) is 0 Å². The number of rotatable bonds is 17. The van der Waals surface area contributed by atoms with E-state index in [1.165, 1.54) is 13.1 Å². The number of hydrogen-bond donors (Lipinski definition) is 1. The van der Waals surface area contributed by atoms with Crippen LogP contribution in [-0.2, 0) is 23.9 Å². The lowest BCUT2D eigenvalue weighted by Crippen LogP contribution is -2.48. The van der Waals surface area contributed by atoms with Crippen molar-refractivity contribution in [1.82, 2.24) is 10.2 Å². The summed E-state index contributed by atoms with van der Waals surface area (Å²) < 4.78 is 16.5. The zero-order chi connectivity index (χ0) is 24.9. The maximum atomic E-state index is 13.1. The summed E-state index contributed by atoms with van der Waals surface area (Å²) in [5.41, 5.74) is 0.777. The third kappa shape index (κ3) is 7.06. The normalized spacial score (nSPS) is 13.4. The SMILES string of the molecule is C=C(C=O)CCCOCCOCCOc1cccc2c1C(=O)N(C(CCC=O)C(=O)NC)C2=O. The minimum Gasteiger partial charge on any atom is -0.490 e. The monoisotopic (exact) mass is 474 g/mol. The van der Waals surface area contributed by atoms with Gasteiger partial charge in [-0.05, 0) is 37.0 Å². The van der Waals surface area contributed by atoms with Gasteiger partial charge in [0.05, 0.1) is 30.9 Å². The van der Waals surface area contributed by atoms with Crippen LogP contribution in [0.4, 0.5) is 0 Å². The lowest BCUT2D eigenvalue weighted by atomic mass is 10.1. The van der Waals surface area contributed by atoms with E-state index >= 15 is 0 Å². The largest absolute Gasteiger partial charge is 0.490 e. The molecule has 2 rings (SSSR count). The highest BCUT2D eigenvalue weighted by Gasteiger charge is 2.44. The minimum absolute atomic E-state index is 0.0317. The topological polar surface area (TPSA) is 128 Å². The average Bonchev–Trinajstić information content (AvgIpc) is 3.10. The predicted octanol–water partition coefficient (Wildman–Crippen LogP) is 1.32. The van der Waals surface area contributed by atoms with Crippen molar-refractivity contribution in [2.24, 2.45) is 0 Å². The first-order valence-corrected chi connectivity index (χ1v) is 11.0. The van der Waals surface area contributed by atoms with Crippen LogP contribution in [0.2, 0.25) is 0 Å². The van der Waals surface area contributed by atoms with E-state index in [1.54, 1.807) is 12.1 Å². The molecule has 0 saturated carbocycles. The molecule has 1 aromatic carbocycles. The van der Waals surface area contributed by atoms with Gasteiger partial charge < -0.3 is 24.3 Å². The molecule has 1 aliphatic heterocycles. The van der Waals surface area contributed by atoms with Crippen LogP contribution >= 0.6 is 0 Å². The standard InChI is InChI=1S/C24H30N2O8/c1-17(16-28)6-5-11-32-12-13-33-14-15-34-20-9-3-7-18-21(20)24(31)26(23(18)30)19(8-4-10-27)22(29)25-2/h3,7,9-10,16,19H,1,4-6,8,11-15H2,2H3,(H,25,29). The molecular weight excluding hydrogens is 444 g/mol. The molecule has 10 heteroatoms. The Morgan fingerprint density at radius 3 is 2.47 bits per heavy atom. The molecule has 0 bridgehead atoms. The van der Waals surface area contributed by atoms with Gasteiger partial charge in [-0.3, -0.25) is 24.1 Å². The van der Waals surface area contributed by atoms with Crippen LogP contribution in [0.5, 0.6) is 5.75 Å². The molecule has 34 heavy (non-hydrogen) atoms. The van der Waals surface area contributed by atoms with E-state index in [1.807, 2.05) is 0 Å². The number of imide groups is 1. The van der Waals surface area contributed by atoms with E-state index in [0.717, 1.165) is 11.2 Å². The summed E-state index contributed by atoms with van der Waals surface area (Å²) in [4.78, 5) is 60.4. The van der Waals surface area contributed by atoms with Crippen molar-refractivity contribution in [2.75, 3.05) is 40.1 Å². The molecule has 0 spiro atoms. The Kier molecular flexibility index (Phi) is 11.1. The number of nitrogens with one attached hydrogen (secondary N) is 1. The van der Waals surface area contributed by atoms with E-state index in [9.17, 15) is 24.0 Å². The maximum Gasteiger partial charge on any atom is 0.266 e. The number of fused-ring (bicyclic) bond motifs is 1. The van der Waals surface area contributed by atoms with Gasteiger partial charge in [-0.2, -0.15) is 0 Å². The summed E-state index contributed by atoms with van der Waals surface area (Å²) in [5.74, 6) is -1.54. The molecule has 1 atom stereocenters. The Morgan fingerprint density at radius 1 is 1.09 bits per heavy atom.